The molecule has 5 aromatic rings. The van der Waals surface area contributed by atoms with E-state index < -0.39 is 0 Å². The van der Waals surface area contributed by atoms with E-state index in [1.807, 2.05) is 38.1 Å². The molecule has 0 bridgehead atoms. The maximum absolute atomic E-state index is 12.7. The number of fused-ring (bicyclic) bond motifs is 2. The fraction of sp³-hybridized carbons (Fsp3) is 0.0800. The number of thiazole rings is 1. The van der Waals surface area contributed by atoms with E-state index in [-0.39, 0.29) is 11.3 Å². The van der Waals surface area contributed by atoms with Gasteiger partial charge in [-0.05, 0) is 61.4 Å². The zero-order chi connectivity index (χ0) is 22.4. The number of nitrogens with zero attached hydrogens (tertiary/aromatic N) is 1. The van der Waals surface area contributed by atoms with Crippen LogP contribution in [-0.4, -0.2) is 10.9 Å². The molecule has 2 heterocycles. The molecule has 0 spiro atoms. The first-order chi connectivity index (χ1) is 15.4. The Morgan fingerprint density at radius 3 is 2.59 bits per heavy atom. The highest BCUT2D eigenvalue weighted by Crippen LogP contribution is 2.29. The Hall–Kier alpha value is -3.48. The molecule has 0 unspecified atom stereocenters. The third-order valence-electron chi connectivity index (χ3n) is 5.16. The largest absolute Gasteiger partial charge is 0.456 e. The maximum Gasteiger partial charge on any atom is 0.257 e. The SMILES string of the molecule is Cc1cc(C)c2oc(-c3ccc(C(=O)Nc4nc5ccc(Cl)cc5s4)cc3)cc(=O)c2c1. The lowest BCUT2D eigenvalue weighted by molar-refractivity contribution is 0.102. The fourth-order valence-electron chi connectivity index (χ4n) is 3.66. The van der Waals surface area contributed by atoms with Crippen LogP contribution in [0, 0.1) is 13.8 Å². The van der Waals surface area contributed by atoms with Crippen molar-refractivity contribution in [3.05, 3.63) is 92.6 Å². The molecule has 0 aliphatic rings. The normalized spacial score (nSPS) is 11.2. The van der Waals surface area contributed by atoms with E-state index in [0.29, 0.717) is 32.4 Å². The van der Waals surface area contributed by atoms with Gasteiger partial charge in [0.1, 0.15) is 11.3 Å². The van der Waals surface area contributed by atoms with Gasteiger partial charge in [0.2, 0.25) is 0 Å². The van der Waals surface area contributed by atoms with Gasteiger partial charge < -0.3 is 4.42 Å². The van der Waals surface area contributed by atoms with Crippen molar-refractivity contribution in [2.24, 2.45) is 0 Å². The fourth-order valence-corrected chi connectivity index (χ4v) is 4.80. The van der Waals surface area contributed by atoms with E-state index in [1.165, 1.54) is 17.4 Å². The number of benzene rings is 3. The Balaban J connectivity index is 1.42. The molecule has 0 aliphatic heterocycles. The zero-order valence-corrected chi connectivity index (χ0v) is 18.8. The molecule has 5 nitrogen and oxygen atoms in total. The van der Waals surface area contributed by atoms with E-state index in [9.17, 15) is 9.59 Å². The summed E-state index contributed by atoms with van der Waals surface area (Å²) in [4.78, 5) is 29.7. The topological polar surface area (TPSA) is 72.2 Å². The Bertz CT molecular complexity index is 1570. The Morgan fingerprint density at radius 2 is 1.81 bits per heavy atom. The Kier molecular flexibility index (Phi) is 5.04. The van der Waals surface area contributed by atoms with E-state index in [4.69, 9.17) is 16.0 Å². The minimum absolute atomic E-state index is 0.0918. The van der Waals surface area contributed by atoms with Crippen molar-refractivity contribution in [1.29, 1.82) is 0 Å². The quantitative estimate of drug-likeness (QED) is 0.329. The average Bonchev–Trinajstić information content (AvgIpc) is 3.15. The molecule has 1 N–H and O–H groups in total. The zero-order valence-electron chi connectivity index (χ0n) is 17.2. The van der Waals surface area contributed by atoms with Crippen LogP contribution >= 0.6 is 22.9 Å². The van der Waals surface area contributed by atoms with Crippen molar-refractivity contribution in [2.45, 2.75) is 13.8 Å². The van der Waals surface area contributed by atoms with Crippen LogP contribution in [0.5, 0.6) is 0 Å². The number of carbonyl (C=O) groups excluding carboxylic acids is 1. The second-order valence-electron chi connectivity index (χ2n) is 7.60. The van der Waals surface area contributed by atoms with Crippen molar-refractivity contribution in [2.75, 3.05) is 5.32 Å². The van der Waals surface area contributed by atoms with E-state index in [0.717, 1.165) is 26.9 Å². The summed E-state index contributed by atoms with van der Waals surface area (Å²) in [5.74, 6) is 0.192. The van der Waals surface area contributed by atoms with Gasteiger partial charge in [-0.2, -0.15) is 0 Å². The smallest absolute Gasteiger partial charge is 0.257 e. The number of amides is 1. The van der Waals surface area contributed by atoms with Crippen LogP contribution in [-0.2, 0) is 0 Å². The van der Waals surface area contributed by atoms with Crippen molar-refractivity contribution < 1.29 is 9.21 Å². The van der Waals surface area contributed by atoms with Crippen LogP contribution in [0.2, 0.25) is 5.02 Å². The number of hydrogen-bond donors (Lipinski definition) is 1. The minimum atomic E-state index is -0.270. The first-order valence-electron chi connectivity index (χ1n) is 9.90. The third kappa shape index (κ3) is 3.79. The molecule has 7 heteroatoms. The Labute approximate surface area is 192 Å². The molecule has 0 aliphatic carbocycles. The summed E-state index contributed by atoms with van der Waals surface area (Å²) in [5, 5.41) is 4.52. The second-order valence-corrected chi connectivity index (χ2v) is 9.06. The molecular weight excluding hydrogens is 444 g/mol. The molecule has 5 rings (SSSR count). The molecular formula is C25H17ClN2O3S. The first kappa shape index (κ1) is 20.4. The summed E-state index contributed by atoms with van der Waals surface area (Å²) < 4.78 is 6.94. The van der Waals surface area contributed by atoms with Gasteiger partial charge in [-0.3, -0.25) is 14.9 Å². The molecule has 0 saturated heterocycles. The third-order valence-corrected chi connectivity index (χ3v) is 6.33. The summed E-state index contributed by atoms with van der Waals surface area (Å²) in [6.45, 7) is 3.87. The van der Waals surface area contributed by atoms with Crippen LogP contribution in [0.3, 0.4) is 0 Å². The monoisotopic (exact) mass is 460 g/mol. The highest BCUT2D eigenvalue weighted by atomic mass is 35.5. The van der Waals surface area contributed by atoms with Crippen LogP contribution < -0.4 is 10.7 Å². The highest BCUT2D eigenvalue weighted by Gasteiger charge is 2.13. The molecule has 0 atom stereocenters. The number of halogens is 1. The predicted octanol–water partition coefficient (Wildman–Crippen LogP) is 6.59. The van der Waals surface area contributed by atoms with Gasteiger partial charge in [-0.15, -0.1) is 0 Å². The van der Waals surface area contributed by atoms with Crippen LogP contribution in [0.4, 0.5) is 5.13 Å². The molecule has 2 aromatic heterocycles. The standard InChI is InChI=1S/C25H17ClN2O3S/c1-13-9-14(2)23-18(10-13)20(29)12-21(31-23)15-3-5-16(6-4-15)24(30)28-25-27-19-8-7-17(26)11-22(19)32-25/h3-12H,1-2H3,(H,27,28,30). The van der Waals surface area contributed by atoms with Gasteiger partial charge >= 0.3 is 0 Å². The van der Waals surface area contributed by atoms with Gasteiger partial charge in [0.15, 0.2) is 10.6 Å². The molecule has 0 saturated carbocycles. The van der Waals surface area contributed by atoms with Gasteiger partial charge in [-0.1, -0.05) is 41.1 Å². The van der Waals surface area contributed by atoms with E-state index in [1.54, 1.807) is 30.3 Å². The number of aryl methyl sites for hydroxylation is 2. The molecule has 3 aromatic carbocycles. The number of carbonyl (C=O) groups is 1. The number of hydrogen-bond acceptors (Lipinski definition) is 5. The predicted molar refractivity (Wildman–Crippen MR) is 130 cm³/mol. The van der Waals surface area contributed by atoms with Gasteiger partial charge in [0.05, 0.1) is 15.6 Å². The van der Waals surface area contributed by atoms with Crippen LogP contribution in [0.25, 0.3) is 32.5 Å². The summed E-state index contributed by atoms with van der Waals surface area (Å²) in [6.07, 6.45) is 0. The summed E-state index contributed by atoms with van der Waals surface area (Å²) >= 11 is 7.38. The molecule has 1 amide bonds. The molecule has 32 heavy (non-hydrogen) atoms. The maximum atomic E-state index is 12.7. The Morgan fingerprint density at radius 1 is 1.03 bits per heavy atom. The minimum Gasteiger partial charge on any atom is -0.456 e. The van der Waals surface area contributed by atoms with Gasteiger partial charge in [0.25, 0.3) is 5.91 Å². The highest BCUT2D eigenvalue weighted by molar-refractivity contribution is 7.22. The van der Waals surface area contributed by atoms with Crippen molar-refractivity contribution >= 4 is 55.2 Å². The van der Waals surface area contributed by atoms with Crippen molar-refractivity contribution in [3.63, 3.8) is 0 Å². The lowest BCUT2D eigenvalue weighted by Gasteiger charge is -2.07. The average molecular weight is 461 g/mol. The van der Waals surface area contributed by atoms with Crippen LogP contribution in [0.1, 0.15) is 21.5 Å². The number of aromatic nitrogens is 1. The van der Waals surface area contributed by atoms with Crippen molar-refractivity contribution in [3.8, 4) is 11.3 Å². The molecule has 0 radical (unpaired) electrons. The van der Waals surface area contributed by atoms with Crippen LogP contribution in [0.15, 0.2) is 69.9 Å². The molecule has 0 fully saturated rings. The van der Waals surface area contributed by atoms with Gasteiger partial charge in [0, 0.05) is 22.2 Å². The lowest BCUT2D eigenvalue weighted by Crippen LogP contribution is -2.11. The summed E-state index contributed by atoms with van der Waals surface area (Å²) in [5.41, 5.74) is 4.38. The second kappa shape index (κ2) is 7.89. The van der Waals surface area contributed by atoms with E-state index in [2.05, 4.69) is 10.3 Å². The van der Waals surface area contributed by atoms with Crippen molar-refractivity contribution in [1.82, 2.24) is 4.98 Å². The van der Waals surface area contributed by atoms with Gasteiger partial charge in [-0.25, -0.2) is 4.98 Å². The molecule has 158 valence electrons. The number of anilines is 1. The summed E-state index contributed by atoms with van der Waals surface area (Å²) in [6, 6.07) is 17.6. The number of rotatable bonds is 3. The lowest BCUT2D eigenvalue weighted by atomic mass is 10.1. The summed E-state index contributed by atoms with van der Waals surface area (Å²) in [7, 11) is 0. The number of nitrogens with one attached hydrogen (secondary N) is 1. The first-order valence-corrected chi connectivity index (χ1v) is 11.1. The van der Waals surface area contributed by atoms with E-state index >= 15 is 0 Å².